The number of aryl methyl sites for hydroxylation is 1. The van der Waals surface area contributed by atoms with Crippen LogP contribution in [0.5, 0.6) is 0 Å². The number of benzene rings is 2. The van der Waals surface area contributed by atoms with Gasteiger partial charge in [-0.15, -0.1) is 0 Å². The third-order valence-corrected chi connectivity index (χ3v) is 7.31. The molecule has 0 saturated heterocycles. The van der Waals surface area contributed by atoms with E-state index in [0.29, 0.717) is 46.3 Å². The Hall–Kier alpha value is -3.19. The SMILES string of the molecule is Cc1cccc(CSc2nc3c(c(=O)[nH]2)[C@@H](c2ccc(F)cc2)C2=C(CC(C)(C)CC2=O)N3)c1. The molecule has 5 rings (SSSR count). The summed E-state index contributed by atoms with van der Waals surface area (Å²) in [5, 5.41) is 3.84. The molecule has 0 radical (unpaired) electrons. The van der Waals surface area contributed by atoms with Crippen LogP contribution in [-0.4, -0.2) is 15.8 Å². The highest BCUT2D eigenvalue weighted by molar-refractivity contribution is 7.98. The van der Waals surface area contributed by atoms with E-state index >= 15 is 0 Å². The summed E-state index contributed by atoms with van der Waals surface area (Å²) in [6.07, 6.45) is 1.07. The molecular weight excluding hydrogens is 449 g/mol. The number of rotatable bonds is 4. The van der Waals surface area contributed by atoms with Crippen molar-refractivity contribution in [3.05, 3.63) is 98.2 Å². The molecule has 5 nitrogen and oxygen atoms in total. The number of fused-ring (bicyclic) bond motifs is 1. The monoisotopic (exact) mass is 475 g/mol. The predicted molar refractivity (Wildman–Crippen MR) is 133 cm³/mol. The zero-order chi connectivity index (χ0) is 24.0. The Morgan fingerprint density at radius 3 is 2.62 bits per heavy atom. The third-order valence-electron chi connectivity index (χ3n) is 6.36. The van der Waals surface area contributed by atoms with Gasteiger partial charge in [-0.25, -0.2) is 9.37 Å². The largest absolute Gasteiger partial charge is 0.343 e. The minimum atomic E-state index is -0.581. The molecule has 7 heteroatoms. The summed E-state index contributed by atoms with van der Waals surface area (Å²) >= 11 is 1.46. The second-order valence-electron chi connectivity index (χ2n) is 9.85. The Labute approximate surface area is 201 Å². The predicted octanol–water partition coefficient (Wildman–Crippen LogP) is 5.71. The lowest BCUT2D eigenvalue weighted by Crippen LogP contribution is -2.37. The van der Waals surface area contributed by atoms with Crippen LogP contribution in [0.4, 0.5) is 10.2 Å². The molecule has 1 aliphatic carbocycles. The second kappa shape index (κ2) is 8.55. The quantitative estimate of drug-likeness (QED) is 0.373. The van der Waals surface area contributed by atoms with Crippen molar-refractivity contribution in [1.29, 1.82) is 0 Å². The number of ketones is 1. The molecule has 34 heavy (non-hydrogen) atoms. The number of hydrogen-bond donors (Lipinski definition) is 2. The van der Waals surface area contributed by atoms with E-state index < -0.39 is 5.92 Å². The highest BCUT2D eigenvalue weighted by Gasteiger charge is 2.42. The van der Waals surface area contributed by atoms with E-state index in [1.807, 2.05) is 25.1 Å². The number of hydrogen-bond acceptors (Lipinski definition) is 5. The maximum Gasteiger partial charge on any atom is 0.257 e. The highest BCUT2D eigenvalue weighted by atomic mass is 32.2. The number of Topliss-reactive ketones (excluding diaryl/α,β-unsaturated/α-hetero) is 1. The van der Waals surface area contributed by atoms with Gasteiger partial charge < -0.3 is 10.3 Å². The second-order valence-corrected chi connectivity index (χ2v) is 10.8. The molecule has 1 aliphatic heterocycles. The van der Waals surface area contributed by atoms with Gasteiger partial charge in [0.05, 0.1) is 5.56 Å². The molecule has 0 spiro atoms. The first-order chi connectivity index (χ1) is 16.2. The van der Waals surface area contributed by atoms with Crippen molar-refractivity contribution >= 4 is 23.4 Å². The van der Waals surface area contributed by atoms with Crippen LogP contribution in [0.25, 0.3) is 0 Å². The van der Waals surface area contributed by atoms with E-state index in [2.05, 4.69) is 30.2 Å². The molecule has 1 atom stereocenters. The van der Waals surface area contributed by atoms with Crippen LogP contribution >= 0.6 is 11.8 Å². The Morgan fingerprint density at radius 1 is 1.12 bits per heavy atom. The van der Waals surface area contributed by atoms with Crippen LogP contribution in [0.3, 0.4) is 0 Å². The van der Waals surface area contributed by atoms with E-state index in [1.54, 1.807) is 12.1 Å². The topological polar surface area (TPSA) is 74.8 Å². The summed E-state index contributed by atoms with van der Waals surface area (Å²) in [5.74, 6) is 0.204. The van der Waals surface area contributed by atoms with Crippen LogP contribution in [-0.2, 0) is 10.5 Å². The summed E-state index contributed by atoms with van der Waals surface area (Å²) in [6.45, 7) is 6.17. The molecular formula is C27H26FN3O2S. The van der Waals surface area contributed by atoms with Gasteiger partial charge in [0.1, 0.15) is 11.6 Å². The van der Waals surface area contributed by atoms with Crippen molar-refractivity contribution in [2.45, 2.75) is 50.4 Å². The third kappa shape index (κ3) is 4.32. The fourth-order valence-electron chi connectivity index (χ4n) is 4.90. The maximum absolute atomic E-state index is 13.7. The first-order valence-electron chi connectivity index (χ1n) is 11.3. The van der Waals surface area contributed by atoms with Crippen molar-refractivity contribution < 1.29 is 9.18 Å². The summed E-state index contributed by atoms with van der Waals surface area (Å²) in [4.78, 5) is 34.3. The normalized spacial score (nSPS) is 18.8. The number of carbonyl (C=O) groups is 1. The van der Waals surface area contributed by atoms with Crippen LogP contribution < -0.4 is 10.9 Å². The van der Waals surface area contributed by atoms with Gasteiger partial charge >= 0.3 is 0 Å². The van der Waals surface area contributed by atoms with Crippen LogP contribution in [0, 0.1) is 18.2 Å². The Kier molecular flexibility index (Phi) is 5.68. The average Bonchev–Trinajstić information content (AvgIpc) is 2.76. The van der Waals surface area contributed by atoms with Crippen LogP contribution in [0.1, 0.15) is 54.9 Å². The smallest absolute Gasteiger partial charge is 0.257 e. The first kappa shape index (κ1) is 22.6. The zero-order valence-corrected chi connectivity index (χ0v) is 20.2. The average molecular weight is 476 g/mol. The summed E-state index contributed by atoms with van der Waals surface area (Å²) in [6, 6.07) is 14.2. The molecule has 0 saturated carbocycles. The molecule has 2 N–H and O–H groups in total. The minimum Gasteiger partial charge on any atom is -0.343 e. The number of thioether (sulfide) groups is 1. The molecule has 3 aromatic rings. The number of carbonyl (C=O) groups excluding carboxylic acids is 1. The van der Waals surface area contributed by atoms with Crippen LogP contribution in [0.15, 0.2) is 69.8 Å². The van der Waals surface area contributed by atoms with Crippen molar-refractivity contribution in [2.75, 3.05) is 5.32 Å². The molecule has 2 aromatic carbocycles. The number of halogens is 1. The van der Waals surface area contributed by atoms with E-state index in [-0.39, 0.29) is 22.6 Å². The van der Waals surface area contributed by atoms with Gasteiger partial charge in [0.25, 0.3) is 5.56 Å². The summed E-state index contributed by atoms with van der Waals surface area (Å²) in [7, 11) is 0. The lowest BCUT2D eigenvalue weighted by atomic mass is 9.69. The summed E-state index contributed by atoms with van der Waals surface area (Å²) in [5.41, 5.74) is 4.34. The van der Waals surface area contributed by atoms with Gasteiger partial charge in [0.2, 0.25) is 0 Å². The number of nitrogens with zero attached hydrogens (tertiary/aromatic N) is 1. The van der Waals surface area contributed by atoms with E-state index in [9.17, 15) is 14.0 Å². The standard InChI is InChI=1S/C27H26FN3O2S/c1-15-5-4-6-16(11-15)14-34-26-30-24-23(25(33)31-26)21(17-7-9-18(28)10-8-17)22-19(29-24)12-27(2,3)13-20(22)32/h4-11,21H,12-14H2,1-3H3,(H2,29,30,31,33)/t21-/m0/s1. The first-order valence-corrected chi connectivity index (χ1v) is 12.3. The van der Waals surface area contributed by atoms with Gasteiger partial charge in [-0.05, 0) is 42.0 Å². The number of anilines is 1. The fraction of sp³-hybridized carbons (Fsp3) is 0.296. The van der Waals surface area contributed by atoms with Gasteiger partial charge in [-0.1, -0.05) is 67.6 Å². The lowest BCUT2D eigenvalue weighted by Gasteiger charge is -2.38. The number of aromatic nitrogens is 2. The lowest BCUT2D eigenvalue weighted by molar-refractivity contribution is -0.118. The number of H-pyrrole nitrogens is 1. The van der Waals surface area contributed by atoms with Crippen molar-refractivity contribution in [3.8, 4) is 0 Å². The molecule has 0 bridgehead atoms. The molecule has 1 aromatic heterocycles. The van der Waals surface area contributed by atoms with Gasteiger partial charge in [0.15, 0.2) is 10.9 Å². The number of nitrogens with one attached hydrogen (secondary N) is 2. The molecule has 0 unspecified atom stereocenters. The van der Waals surface area contributed by atoms with Crippen molar-refractivity contribution in [2.24, 2.45) is 5.41 Å². The van der Waals surface area contributed by atoms with Crippen LogP contribution in [0.2, 0.25) is 0 Å². The molecule has 2 aliphatic rings. The minimum absolute atomic E-state index is 0.0102. The Balaban J connectivity index is 1.58. The zero-order valence-electron chi connectivity index (χ0n) is 19.4. The number of aromatic amines is 1. The highest BCUT2D eigenvalue weighted by Crippen LogP contribution is 2.47. The summed E-state index contributed by atoms with van der Waals surface area (Å²) < 4.78 is 13.7. The van der Waals surface area contributed by atoms with Gasteiger partial charge in [0, 0.05) is 29.4 Å². The molecule has 0 amide bonds. The molecule has 2 heterocycles. The van der Waals surface area contributed by atoms with Crippen molar-refractivity contribution in [1.82, 2.24) is 9.97 Å². The van der Waals surface area contributed by atoms with E-state index in [0.717, 1.165) is 11.3 Å². The van der Waals surface area contributed by atoms with Gasteiger partial charge in [-0.2, -0.15) is 0 Å². The Bertz CT molecular complexity index is 1380. The Morgan fingerprint density at radius 2 is 1.88 bits per heavy atom. The number of allylic oxidation sites excluding steroid dienone is 2. The van der Waals surface area contributed by atoms with Gasteiger partial charge in [-0.3, -0.25) is 9.59 Å². The maximum atomic E-state index is 13.7. The van der Waals surface area contributed by atoms with E-state index in [4.69, 9.17) is 4.98 Å². The molecule has 174 valence electrons. The van der Waals surface area contributed by atoms with E-state index in [1.165, 1.54) is 29.5 Å². The van der Waals surface area contributed by atoms with Crippen molar-refractivity contribution in [3.63, 3.8) is 0 Å². The fourth-order valence-corrected chi connectivity index (χ4v) is 5.71. The molecule has 0 fully saturated rings.